The fraction of sp³-hybridized carbons (Fsp3) is 0.455. The van der Waals surface area contributed by atoms with Crippen LogP contribution >= 0.6 is 0 Å². The number of hydrogen-bond acceptors (Lipinski definition) is 5. The average molecular weight is 222 g/mol. The van der Waals surface area contributed by atoms with Gasteiger partial charge in [-0.3, -0.25) is 4.79 Å². The fourth-order valence-electron chi connectivity index (χ4n) is 1.63. The molecule has 0 aliphatic carbocycles. The molecule has 2 rings (SSSR count). The molecule has 0 saturated carbocycles. The summed E-state index contributed by atoms with van der Waals surface area (Å²) in [6.45, 7) is 1.85. The molecule has 0 radical (unpaired) electrons. The molecule has 1 saturated heterocycles. The van der Waals surface area contributed by atoms with E-state index in [0.29, 0.717) is 24.6 Å². The van der Waals surface area contributed by atoms with Crippen LogP contribution in [-0.2, 0) is 4.74 Å². The smallest absolute Gasteiger partial charge is 0.214 e. The third kappa shape index (κ3) is 2.20. The largest absolute Gasteiger partial charge is 0.494 e. The monoisotopic (exact) mass is 222 g/mol. The van der Waals surface area contributed by atoms with E-state index in [-0.39, 0.29) is 5.78 Å². The lowest BCUT2D eigenvalue weighted by Crippen LogP contribution is -2.43. The van der Waals surface area contributed by atoms with Gasteiger partial charge in [0.2, 0.25) is 5.78 Å². The molecule has 1 aliphatic heterocycles. The first-order valence-electron chi connectivity index (χ1n) is 5.18. The number of Topliss-reactive ketones (excluding diaryl/α,β-unsaturated/α-hetero) is 1. The highest BCUT2D eigenvalue weighted by molar-refractivity contribution is 6.00. The van der Waals surface area contributed by atoms with Gasteiger partial charge in [0.1, 0.15) is 11.9 Å². The van der Waals surface area contributed by atoms with E-state index < -0.39 is 6.10 Å². The molecule has 86 valence electrons. The van der Waals surface area contributed by atoms with Gasteiger partial charge >= 0.3 is 0 Å². The topological polar surface area (TPSA) is 60.5 Å². The number of ether oxygens (including phenoxy) is 2. The molecule has 0 amide bonds. The van der Waals surface area contributed by atoms with Crippen molar-refractivity contribution in [3.05, 3.63) is 24.0 Å². The van der Waals surface area contributed by atoms with Gasteiger partial charge < -0.3 is 14.8 Å². The van der Waals surface area contributed by atoms with E-state index in [0.717, 1.165) is 6.54 Å². The van der Waals surface area contributed by atoms with Crippen LogP contribution in [0.4, 0.5) is 0 Å². The normalized spacial score (nSPS) is 20.4. The molecule has 1 aromatic heterocycles. The summed E-state index contributed by atoms with van der Waals surface area (Å²) in [4.78, 5) is 16.1. The minimum absolute atomic E-state index is 0.135. The van der Waals surface area contributed by atoms with Crippen LogP contribution in [0, 0.1) is 0 Å². The Bertz CT molecular complexity index is 375. The SMILES string of the molecule is COc1cccnc1C(=O)C1CNCCO1. The van der Waals surface area contributed by atoms with Crippen molar-refractivity contribution in [3.63, 3.8) is 0 Å². The van der Waals surface area contributed by atoms with Crippen molar-refractivity contribution in [3.8, 4) is 5.75 Å². The second kappa shape index (κ2) is 5.05. The number of morpholine rings is 1. The number of rotatable bonds is 3. The van der Waals surface area contributed by atoms with Gasteiger partial charge in [0.05, 0.1) is 13.7 Å². The van der Waals surface area contributed by atoms with Crippen LogP contribution in [0.5, 0.6) is 5.75 Å². The summed E-state index contributed by atoms with van der Waals surface area (Å²) in [5.74, 6) is 0.353. The van der Waals surface area contributed by atoms with Crippen molar-refractivity contribution >= 4 is 5.78 Å². The Hall–Kier alpha value is -1.46. The van der Waals surface area contributed by atoms with E-state index in [1.165, 1.54) is 7.11 Å². The number of methoxy groups -OCH3 is 1. The van der Waals surface area contributed by atoms with Gasteiger partial charge in [-0.25, -0.2) is 4.98 Å². The van der Waals surface area contributed by atoms with Crippen molar-refractivity contribution in [2.75, 3.05) is 26.8 Å². The lowest BCUT2D eigenvalue weighted by atomic mass is 10.1. The standard InChI is InChI=1S/C11H14N2O3/c1-15-8-3-2-4-13-10(8)11(14)9-7-12-5-6-16-9/h2-4,9,12H,5-7H2,1H3. The molecule has 0 spiro atoms. The maximum atomic E-state index is 12.1. The second-order valence-corrected chi connectivity index (χ2v) is 3.48. The van der Waals surface area contributed by atoms with Crippen molar-refractivity contribution in [2.24, 2.45) is 0 Å². The average Bonchev–Trinajstić information content (AvgIpc) is 2.39. The van der Waals surface area contributed by atoms with Crippen LogP contribution in [0.25, 0.3) is 0 Å². The lowest BCUT2D eigenvalue weighted by Gasteiger charge is -2.22. The minimum Gasteiger partial charge on any atom is -0.494 e. The molecule has 5 nitrogen and oxygen atoms in total. The van der Waals surface area contributed by atoms with Crippen LogP contribution in [0.2, 0.25) is 0 Å². The molecule has 0 aromatic carbocycles. The molecule has 1 unspecified atom stereocenters. The molecule has 2 heterocycles. The van der Waals surface area contributed by atoms with E-state index in [1.54, 1.807) is 18.3 Å². The molecule has 16 heavy (non-hydrogen) atoms. The van der Waals surface area contributed by atoms with Gasteiger partial charge in [-0.2, -0.15) is 0 Å². The maximum absolute atomic E-state index is 12.1. The third-order valence-corrected chi connectivity index (χ3v) is 2.44. The summed E-state index contributed by atoms with van der Waals surface area (Å²) in [6.07, 6.45) is 1.11. The van der Waals surface area contributed by atoms with Crippen molar-refractivity contribution in [1.29, 1.82) is 0 Å². The van der Waals surface area contributed by atoms with Crippen molar-refractivity contribution in [1.82, 2.24) is 10.3 Å². The van der Waals surface area contributed by atoms with Gasteiger partial charge in [0.25, 0.3) is 0 Å². The number of hydrogen-bond donors (Lipinski definition) is 1. The molecule has 1 aromatic rings. The number of nitrogens with zero attached hydrogens (tertiary/aromatic N) is 1. The van der Waals surface area contributed by atoms with Crippen LogP contribution in [-0.4, -0.2) is 43.7 Å². The summed E-state index contributed by atoms with van der Waals surface area (Å²) < 4.78 is 10.5. The van der Waals surface area contributed by atoms with E-state index in [1.807, 2.05) is 0 Å². The Morgan fingerprint density at radius 2 is 2.56 bits per heavy atom. The zero-order valence-electron chi connectivity index (χ0n) is 9.10. The summed E-state index contributed by atoms with van der Waals surface area (Å²) in [7, 11) is 1.52. The molecule has 1 N–H and O–H groups in total. The fourth-order valence-corrected chi connectivity index (χ4v) is 1.63. The van der Waals surface area contributed by atoms with E-state index in [2.05, 4.69) is 10.3 Å². The number of ketones is 1. The molecule has 1 aliphatic rings. The first kappa shape index (κ1) is 11.0. The highest BCUT2D eigenvalue weighted by atomic mass is 16.5. The van der Waals surface area contributed by atoms with Crippen LogP contribution in [0.3, 0.4) is 0 Å². The first-order valence-corrected chi connectivity index (χ1v) is 5.18. The number of nitrogens with one attached hydrogen (secondary N) is 1. The highest BCUT2D eigenvalue weighted by Gasteiger charge is 2.26. The predicted molar refractivity (Wildman–Crippen MR) is 57.7 cm³/mol. The number of carbonyl (C=O) groups excluding carboxylic acids is 1. The predicted octanol–water partition coefficient (Wildman–Crippen LogP) is 0.261. The van der Waals surface area contributed by atoms with E-state index >= 15 is 0 Å². The zero-order chi connectivity index (χ0) is 11.4. The van der Waals surface area contributed by atoms with Gasteiger partial charge in [-0.1, -0.05) is 0 Å². The van der Waals surface area contributed by atoms with Gasteiger partial charge in [0.15, 0.2) is 5.69 Å². The number of aromatic nitrogens is 1. The summed E-state index contributed by atoms with van der Waals surface area (Å²) in [6, 6.07) is 3.45. The van der Waals surface area contributed by atoms with Crippen LogP contribution < -0.4 is 10.1 Å². The van der Waals surface area contributed by atoms with Gasteiger partial charge in [-0.15, -0.1) is 0 Å². The van der Waals surface area contributed by atoms with Crippen molar-refractivity contribution < 1.29 is 14.3 Å². The molecule has 0 bridgehead atoms. The lowest BCUT2D eigenvalue weighted by molar-refractivity contribution is 0.0263. The highest BCUT2D eigenvalue weighted by Crippen LogP contribution is 2.17. The quantitative estimate of drug-likeness (QED) is 0.743. The Morgan fingerprint density at radius 1 is 1.69 bits per heavy atom. The Kier molecular flexibility index (Phi) is 3.48. The Labute approximate surface area is 93.8 Å². The van der Waals surface area contributed by atoms with E-state index in [4.69, 9.17) is 9.47 Å². The van der Waals surface area contributed by atoms with Crippen LogP contribution in [0.15, 0.2) is 18.3 Å². The van der Waals surface area contributed by atoms with Gasteiger partial charge in [0, 0.05) is 19.3 Å². The number of pyridine rings is 1. The molecular weight excluding hydrogens is 208 g/mol. The summed E-state index contributed by atoms with van der Waals surface area (Å²) in [5.41, 5.74) is 0.332. The third-order valence-electron chi connectivity index (χ3n) is 2.44. The Morgan fingerprint density at radius 3 is 3.25 bits per heavy atom. The minimum atomic E-state index is -0.461. The maximum Gasteiger partial charge on any atom is 0.214 e. The Balaban J connectivity index is 2.19. The summed E-state index contributed by atoms with van der Waals surface area (Å²) in [5, 5.41) is 3.11. The molecule has 1 fully saturated rings. The molecule has 1 atom stereocenters. The molecule has 5 heteroatoms. The zero-order valence-corrected chi connectivity index (χ0v) is 9.10. The van der Waals surface area contributed by atoms with E-state index in [9.17, 15) is 4.79 Å². The number of carbonyl (C=O) groups is 1. The van der Waals surface area contributed by atoms with Crippen LogP contribution in [0.1, 0.15) is 10.5 Å². The second-order valence-electron chi connectivity index (χ2n) is 3.48. The summed E-state index contributed by atoms with van der Waals surface area (Å²) >= 11 is 0. The molecular formula is C11H14N2O3. The van der Waals surface area contributed by atoms with Gasteiger partial charge in [-0.05, 0) is 12.1 Å². The first-order chi connectivity index (χ1) is 7.83. The van der Waals surface area contributed by atoms with Crippen molar-refractivity contribution in [2.45, 2.75) is 6.10 Å².